The van der Waals surface area contributed by atoms with Gasteiger partial charge in [-0.2, -0.15) is 0 Å². The highest BCUT2D eigenvalue weighted by Gasteiger charge is 2.22. The van der Waals surface area contributed by atoms with Crippen LogP contribution in [-0.4, -0.2) is 19.9 Å². The molecule has 0 fully saturated rings. The van der Waals surface area contributed by atoms with Crippen molar-refractivity contribution in [2.75, 3.05) is 5.32 Å². The van der Waals surface area contributed by atoms with Crippen LogP contribution in [-0.2, 0) is 0 Å². The lowest BCUT2D eigenvalue weighted by Crippen LogP contribution is -2.27. The van der Waals surface area contributed by atoms with Gasteiger partial charge in [-0.25, -0.2) is 4.98 Å². The van der Waals surface area contributed by atoms with Crippen molar-refractivity contribution in [2.24, 2.45) is 0 Å². The molecule has 0 unspecified atom stereocenters. The average Bonchev–Trinajstić information content (AvgIpc) is 2.96. The minimum absolute atomic E-state index is 0.126. The van der Waals surface area contributed by atoms with Gasteiger partial charge in [0.25, 0.3) is 5.56 Å². The molecular formula is C23H26N4O. The number of nitrogens with zero attached hydrogens (tertiary/aromatic N) is 2. The Morgan fingerprint density at radius 1 is 1.07 bits per heavy atom. The molecule has 4 aromatic rings. The van der Waals surface area contributed by atoms with Crippen molar-refractivity contribution in [3.63, 3.8) is 0 Å². The molecule has 1 aromatic carbocycles. The van der Waals surface area contributed by atoms with E-state index in [0.29, 0.717) is 11.3 Å². The monoisotopic (exact) mass is 374 g/mol. The summed E-state index contributed by atoms with van der Waals surface area (Å²) in [6.07, 6.45) is 1.98. The summed E-state index contributed by atoms with van der Waals surface area (Å²) in [4.78, 5) is 21.0. The summed E-state index contributed by atoms with van der Waals surface area (Å²) in [6, 6.07) is 10.1. The van der Waals surface area contributed by atoms with E-state index < -0.39 is 0 Å². The number of aromatic amines is 1. The molecule has 0 aliphatic heterocycles. The van der Waals surface area contributed by atoms with E-state index in [0.717, 1.165) is 39.1 Å². The predicted molar refractivity (Wildman–Crippen MR) is 116 cm³/mol. The maximum Gasteiger partial charge on any atom is 0.258 e. The third kappa shape index (κ3) is 2.97. The van der Waals surface area contributed by atoms with Crippen molar-refractivity contribution in [2.45, 2.75) is 47.1 Å². The van der Waals surface area contributed by atoms with E-state index in [1.165, 1.54) is 0 Å². The third-order valence-corrected chi connectivity index (χ3v) is 5.14. The second-order valence-corrected chi connectivity index (χ2v) is 8.55. The van der Waals surface area contributed by atoms with Crippen LogP contribution in [0.2, 0.25) is 0 Å². The molecular weight excluding hydrogens is 348 g/mol. The van der Waals surface area contributed by atoms with Crippen LogP contribution in [0.15, 0.2) is 41.3 Å². The maximum atomic E-state index is 13.0. The first kappa shape index (κ1) is 18.3. The lowest BCUT2D eigenvalue weighted by atomic mass is 10.0. The van der Waals surface area contributed by atoms with Gasteiger partial charge < -0.3 is 10.3 Å². The Hall–Kier alpha value is -3.08. The Bertz CT molecular complexity index is 1270. The van der Waals surface area contributed by atoms with Crippen molar-refractivity contribution in [1.82, 2.24) is 14.4 Å². The van der Waals surface area contributed by atoms with Gasteiger partial charge in [-0.15, -0.1) is 0 Å². The van der Waals surface area contributed by atoms with E-state index in [1.54, 1.807) is 0 Å². The van der Waals surface area contributed by atoms with Gasteiger partial charge in [0.05, 0.1) is 11.1 Å². The Morgan fingerprint density at radius 2 is 1.82 bits per heavy atom. The van der Waals surface area contributed by atoms with Gasteiger partial charge in [0.15, 0.2) is 0 Å². The van der Waals surface area contributed by atoms with Crippen LogP contribution >= 0.6 is 0 Å². The predicted octanol–water partition coefficient (Wildman–Crippen LogP) is 4.98. The number of anilines is 1. The van der Waals surface area contributed by atoms with E-state index in [9.17, 15) is 4.79 Å². The number of hydrogen-bond acceptors (Lipinski definition) is 3. The van der Waals surface area contributed by atoms with E-state index in [4.69, 9.17) is 4.98 Å². The van der Waals surface area contributed by atoms with Gasteiger partial charge in [0.1, 0.15) is 17.2 Å². The second kappa shape index (κ2) is 6.23. The molecule has 0 spiro atoms. The number of fused-ring (bicyclic) bond motifs is 2. The molecule has 5 heteroatoms. The van der Waals surface area contributed by atoms with E-state index in [2.05, 4.69) is 50.1 Å². The van der Waals surface area contributed by atoms with Crippen molar-refractivity contribution in [3.05, 3.63) is 63.6 Å². The topological polar surface area (TPSA) is 62.2 Å². The summed E-state index contributed by atoms with van der Waals surface area (Å²) in [5.41, 5.74) is 6.01. The first-order chi connectivity index (χ1) is 13.2. The molecule has 0 bridgehead atoms. The summed E-state index contributed by atoms with van der Waals surface area (Å²) in [7, 11) is 0. The first-order valence-corrected chi connectivity index (χ1v) is 9.55. The minimum atomic E-state index is -0.175. The molecule has 3 heterocycles. The highest BCUT2D eigenvalue weighted by molar-refractivity contribution is 5.88. The molecule has 5 nitrogen and oxygen atoms in total. The molecule has 2 N–H and O–H groups in total. The minimum Gasteiger partial charge on any atom is -0.365 e. The highest BCUT2D eigenvalue weighted by Crippen LogP contribution is 2.31. The second-order valence-electron chi connectivity index (χ2n) is 8.55. The number of pyridine rings is 2. The maximum absolute atomic E-state index is 13.0. The molecule has 0 saturated carbocycles. The molecule has 0 saturated heterocycles. The fourth-order valence-electron chi connectivity index (χ4n) is 3.57. The Balaban J connectivity index is 2.05. The molecule has 4 rings (SSSR count). The number of aromatic nitrogens is 3. The summed E-state index contributed by atoms with van der Waals surface area (Å²) in [5.74, 6) is 0.833. The quantitative estimate of drug-likeness (QED) is 0.520. The van der Waals surface area contributed by atoms with Gasteiger partial charge in [-0.1, -0.05) is 18.2 Å². The van der Waals surface area contributed by atoms with E-state index in [-0.39, 0.29) is 11.1 Å². The Morgan fingerprint density at radius 3 is 2.54 bits per heavy atom. The van der Waals surface area contributed by atoms with Gasteiger partial charge in [0, 0.05) is 11.7 Å². The molecule has 0 aliphatic carbocycles. The van der Waals surface area contributed by atoms with E-state index in [1.807, 2.05) is 42.6 Å². The number of aryl methyl sites for hydroxylation is 3. The fourth-order valence-corrected chi connectivity index (χ4v) is 3.57. The van der Waals surface area contributed by atoms with E-state index >= 15 is 0 Å². The lowest BCUT2D eigenvalue weighted by molar-refractivity contribution is 0.629. The molecule has 3 aromatic heterocycles. The lowest BCUT2D eigenvalue weighted by Gasteiger charge is -2.22. The van der Waals surface area contributed by atoms with Gasteiger partial charge in [0.2, 0.25) is 0 Å². The van der Waals surface area contributed by atoms with Crippen LogP contribution < -0.4 is 10.9 Å². The van der Waals surface area contributed by atoms with Crippen molar-refractivity contribution in [3.8, 4) is 11.3 Å². The zero-order chi connectivity index (χ0) is 20.2. The van der Waals surface area contributed by atoms with Crippen molar-refractivity contribution < 1.29 is 0 Å². The molecule has 0 radical (unpaired) electrons. The third-order valence-electron chi connectivity index (χ3n) is 5.14. The SMILES string of the molecule is Cc1ccc2cc(-c3nc4c(C)cccn4c3NC(C)(C)C)c(=O)[nH]c2c1C. The van der Waals surface area contributed by atoms with Crippen LogP contribution in [0.5, 0.6) is 0 Å². The van der Waals surface area contributed by atoms with Gasteiger partial charge in [-0.3, -0.25) is 9.20 Å². The normalized spacial score (nSPS) is 12.1. The molecule has 0 atom stereocenters. The molecule has 144 valence electrons. The van der Waals surface area contributed by atoms with Crippen molar-refractivity contribution >= 4 is 22.4 Å². The summed E-state index contributed by atoms with van der Waals surface area (Å²) in [5, 5.41) is 4.55. The standard InChI is InChI=1S/C23H26N4O/c1-13-9-10-16-12-17(22(28)25-18(16)15(13)3)19-21(26-23(4,5)6)27-11-7-8-14(2)20(27)24-19/h7-12,26H,1-6H3,(H,25,28). The number of hydrogen-bond donors (Lipinski definition) is 2. The Labute approximate surface area is 164 Å². The largest absolute Gasteiger partial charge is 0.365 e. The summed E-state index contributed by atoms with van der Waals surface area (Å²) in [6.45, 7) is 12.4. The van der Waals surface area contributed by atoms with Gasteiger partial charge >= 0.3 is 0 Å². The van der Waals surface area contributed by atoms with Crippen LogP contribution in [0.1, 0.15) is 37.5 Å². The molecule has 0 aliphatic rings. The number of nitrogens with one attached hydrogen (secondary N) is 2. The van der Waals surface area contributed by atoms with Crippen LogP contribution in [0, 0.1) is 20.8 Å². The van der Waals surface area contributed by atoms with Crippen LogP contribution in [0.3, 0.4) is 0 Å². The average molecular weight is 374 g/mol. The number of H-pyrrole nitrogens is 1. The van der Waals surface area contributed by atoms with Crippen LogP contribution in [0.25, 0.3) is 27.8 Å². The summed E-state index contributed by atoms with van der Waals surface area (Å²) < 4.78 is 2.03. The number of benzene rings is 1. The smallest absolute Gasteiger partial charge is 0.258 e. The zero-order valence-electron chi connectivity index (χ0n) is 17.3. The number of imidazole rings is 1. The van der Waals surface area contributed by atoms with Crippen LogP contribution in [0.4, 0.5) is 5.82 Å². The van der Waals surface area contributed by atoms with Crippen molar-refractivity contribution in [1.29, 1.82) is 0 Å². The molecule has 0 amide bonds. The first-order valence-electron chi connectivity index (χ1n) is 9.55. The highest BCUT2D eigenvalue weighted by atomic mass is 16.1. The summed E-state index contributed by atoms with van der Waals surface area (Å²) >= 11 is 0. The Kier molecular flexibility index (Phi) is 4.07. The fraction of sp³-hybridized carbons (Fsp3) is 0.304. The number of rotatable bonds is 2. The molecule has 28 heavy (non-hydrogen) atoms. The van der Waals surface area contributed by atoms with Gasteiger partial charge in [-0.05, 0) is 75.8 Å². The zero-order valence-corrected chi connectivity index (χ0v) is 17.3.